The molecule has 0 aliphatic heterocycles. The quantitative estimate of drug-likeness (QED) is 0.0269. The summed E-state index contributed by atoms with van der Waals surface area (Å²) in [4.78, 5) is 43.0. The molecule has 0 aromatic rings. The van der Waals surface area contributed by atoms with E-state index in [4.69, 9.17) is 19.3 Å². The highest BCUT2D eigenvalue weighted by atomic mass is 31.2. The van der Waals surface area contributed by atoms with E-state index in [0.717, 1.165) is 57.8 Å². The molecule has 8 nitrogen and oxygen atoms in total. The smallest absolute Gasteiger partial charge is 0.462 e. The molecule has 0 bridgehead atoms. The molecule has 0 aliphatic rings. The van der Waals surface area contributed by atoms with Gasteiger partial charge in [0.05, 0.1) is 6.61 Å². The molecule has 0 radical (unpaired) electrons. The first-order chi connectivity index (χ1) is 28.8. The first kappa shape index (κ1) is 57.0. The summed E-state index contributed by atoms with van der Waals surface area (Å²) in [5.74, 6) is -0.890. The predicted octanol–water partition coefficient (Wildman–Crippen LogP) is 15.5. The van der Waals surface area contributed by atoms with Gasteiger partial charge in [-0.05, 0) is 77.0 Å². The molecule has 0 aromatic carbocycles. The average Bonchev–Trinajstić information content (AvgIpc) is 3.21. The van der Waals surface area contributed by atoms with Crippen molar-refractivity contribution in [2.45, 2.75) is 245 Å². The molecule has 0 rings (SSSR count). The third-order valence-corrected chi connectivity index (χ3v) is 11.1. The number of carbonyl (C=O) groups excluding carboxylic acids is 2. The van der Waals surface area contributed by atoms with Gasteiger partial charge in [-0.25, -0.2) is 4.57 Å². The van der Waals surface area contributed by atoms with Gasteiger partial charge in [0.2, 0.25) is 0 Å². The molecule has 0 aliphatic carbocycles. The molecule has 9 heteroatoms. The summed E-state index contributed by atoms with van der Waals surface area (Å²) in [6.07, 6.45) is 56.9. The van der Waals surface area contributed by atoms with Gasteiger partial charge in [-0.2, -0.15) is 0 Å². The van der Waals surface area contributed by atoms with Crippen LogP contribution in [0.5, 0.6) is 0 Å². The van der Waals surface area contributed by atoms with Crippen LogP contribution in [0.3, 0.4) is 0 Å². The van der Waals surface area contributed by atoms with Gasteiger partial charge in [-0.15, -0.1) is 0 Å². The van der Waals surface area contributed by atoms with Crippen LogP contribution < -0.4 is 0 Å². The highest BCUT2D eigenvalue weighted by molar-refractivity contribution is 7.46. The van der Waals surface area contributed by atoms with E-state index in [2.05, 4.69) is 67.0 Å². The Labute approximate surface area is 363 Å². The lowest BCUT2D eigenvalue weighted by atomic mass is 10.0. The summed E-state index contributed by atoms with van der Waals surface area (Å²) in [6.45, 7) is 3.68. The Hall–Kier alpha value is -1.99. The van der Waals surface area contributed by atoms with Gasteiger partial charge in [0.25, 0.3) is 0 Å². The Kier molecular flexibility index (Phi) is 44.0. The lowest BCUT2D eigenvalue weighted by Gasteiger charge is -2.18. The lowest BCUT2D eigenvalue weighted by Crippen LogP contribution is -2.29. The Morgan fingerprint density at radius 1 is 0.441 bits per heavy atom. The van der Waals surface area contributed by atoms with Gasteiger partial charge < -0.3 is 19.3 Å². The standard InChI is InChI=1S/C50H91O8P/c1-3-5-7-9-11-13-15-17-19-21-23-24-25-26-27-29-31-33-35-37-39-41-43-45-50(52)58-48(47-57-59(53,54)55)46-56-49(51)44-42-40-38-36-34-32-30-28-22-20-18-16-14-12-10-8-6-4-2/h14-17,20-23,48H,3-13,18-19,24-47H2,1-2H3,(H2,53,54,55)/b16-14-,17-15-,22-20-,23-21-. The molecule has 0 spiro atoms. The zero-order valence-corrected chi connectivity index (χ0v) is 39.0. The van der Waals surface area contributed by atoms with Crippen molar-refractivity contribution in [3.8, 4) is 0 Å². The van der Waals surface area contributed by atoms with E-state index in [9.17, 15) is 14.2 Å². The van der Waals surface area contributed by atoms with E-state index in [0.29, 0.717) is 12.8 Å². The van der Waals surface area contributed by atoms with Crippen LogP contribution in [-0.4, -0.2) is 41.0 Å². The van der Waals surface area contributed by atoms with Gasteiger partial charge in [0.15, 0.2) is 6.10 Å². The highest BCUT2D eigenvalue weighted by Gasteiger charge is 2.23. The van der Waals surface area contributed by atoms with Crippen LogP contribution >= 0.6 is 7.82 Å². The van der Waals surface area contributed by atoms with Crippen molar-refractivity contribution in [3.05, 3.63) is 48.6 Å². The number of unbranched alkanes of at least 4 members (excludes halogenated alkanes) is 27. The summed E-state index contributed by atoms with van der Waals surface area (Å²) in [7, 11) is -4.76. The molecule has 0 saturated heterocycles. The van der Waals surface area contributed by atoms with Gasteiger partial charge in [-0.3, -0.25) is 14.1 Å². The molecule has 0 heterocycles. The van der Waals surface area contributed by atoms with Crippen LogP contribution in [0.4, 0.5) is 0 Å². The first-order valence-electron chi connectivity index (χ1n) is 24.4. The molecule has 0 fully saturated rings. The molecule has 2 N–H and O–H groups in total. The number of carbonyl (C=O) groups is 2. The van der Waals surface area contributed by atoms with E-state index in [1.54, 1.807) is 0 Å². The maximum absolute atomic E-state index is 12.5. The summed E-state index contributed by atoms with van der Waals surface area (Å²) in [5, 5.41) is 0. The fourth-order valence-corrected chi connectivity index (χ4v) is 7.27. The van der Waals surface area contributed by atoms with Crippen molar-refractivity contribution in [1.82, 2.24) is 0 Å². The highest BCUT2D eigenvalue weighted by Crippen LogP contribution is 2.36. The van der Waals surface area contributed by atoms with Gasteiger partial charge >= 0.3 is 19.8 Å². The summed E-state index contributed by atoms with van der Waals surface area (Å²) in [5.41, 5.74) is 0. The van der Waals surface area contributed by atoms with Gasteiger partial charge in [0.1, 0.15) is 6.61 Å². The van der Waals surface area contributed by atoms with Crippen molar-refractivity contribution in [1.29, 1.82) is 0 Å². The molecule has 344 valence electrons. The molecule has 59 heavy (non-hydrogen) atoms. The minimum Gasteiger partial charge on any atom is -0.462 e. The lowest BCUT2D eigenvalue weighted by molar-refractivity contribution is -0.161. The molecule has 0 amide bonds. The molecule has 0 saturated carbocycles. The van der Waals surface area contributed by atoms with E-state index in [1.165, 1.54) is 141 Å². The number of allylic oxidation sites excluding steroid dienone is 8. The Balaban J connectivity index is 3.85. The number of ether oxygens (including phenoxy) is 2. The fourth-order valence-electron chi connectivity index (χ4n) is 6.91. The third-order valence-electron chi connectivity index (χ3n) is 10.6. The predicted molar refractivity (Wildman–Crippen MR) is 248 cm³/mol. The Bertz CT molecular complexity index is 1090. The summed E-state index contributed by atoms with van der Waals surface area (Å²) < 4.78 is 26.5. The van der Waals surface area contributed by atoms with Crippen LogP contribution in [0.2, 0.25) is 0 Å². The van der Waals surface area contributed by atoms with Crippen molar-refractivity contribution >= 4 is 19.8 Å². The first-order valence-corrected chi connectivity index (χ1v) is 26.0. The van der Waals surface area contributed by atoms with E-state index >= 15 is 0 Å². The third kappa shape index (κ3) is 48.6. The second-order valence-corrected chi connectivity index (χ2v) is 17.7. The second-order valence-electron chi connectivity index (χ2n) is 16.4. The average molecular weight is 851 g/mol. The monoisotopic (exact) mass is 851 g/mol. The topological polar surface area (TPSA) is 119 Å². The largest absolute Gasteiger partial charge is 0.469 e. The molecule has 1 unspecified atom stereocenters. The number of phosphoric acid groups is 1. The van der Waals surface area contributed by atoms with Crippen LogP contribution in [0.25, 0.3) is 0 Å². The normalized spacial score (nSPS) is 12.8. The van der Waals surface area contributed by atoms with Crippen molar-refractivity contribution in [3.63, 3.8) is 0 Å². The number of esters is 2. The zero-order chi connectivity index (χ0) is 43.2. The Morgan fingerprint density at radius 2 is 0.763 bits per heavy atom. The second kappa shape index (κ2) is 45.5. The number of phosphoric ester groups is 1. The van der Waals surface area contributed by atoms with Crippen LogP contribution in [0.15, 0.2) is 48.6 Å². The Morgan fingerprint density at radius 3 is 1.14 bits per heavy atom. The minimum absolute atomic E-state index is 0.207. The zero-order valence-electron chi connectivity index (χ0n) is 38.2. The maximum atomic E-state index is 12.5. The van der Waals surface area contributed by atoms with Crippen LogP contribution in [0, 0.1) is 0 Å². The van der Waals surface area contributed by atoms with Gasteiger partial charge in [0, 0.05) is 12.8 Å². The number of hydrogen-bond acceptors (Lipinski definition) is 6. The minimum atomic E-state index is -4.76. The maximum Gasteiger partial charge on any atom is 0.469 e. The number of rotatable bonds is 45. The summed E-state index contributed by atoms with van der Waals surface area (Å²) in [6, 6.07) is 0. The molecular weight excluding hydrogens is 760 g/mol. The van der Waals surface area contributed by atoms with Gasteiger partial charge in [-0.1, -0.05) is 197 Å². The molecular formula is C50H91O8P. The van der Waals surface area contributed by atoms with Crippen molar-refractivity contribution in [2.75, 3.05) is 13.2 Å². The van der Waals surface area contributed by atoms with E-state index in [-0.39, 0.29) is 19.4 Å². The van der Waals surface area contributed by atoms with E-state index in [1.807, 2.05) is 0 Å². The van der Waals surface area contributed by atoms with Crippen molar-refractivity contribution < 1.29 is 37.9 Å². The summed E-state index contributed by atoms with van der Waals surface area (Å²) >= 11 is 0. The van der Waals surface area contributed by atoms with Crippen LogP contribution in [-0.2, 0) is 28.2 Å². The number of hydrogen-bond donors (Lipinski definition) is 2. The van der Waals surface area contributed by atoms with Crippen molar-refractivity contribution in [2.24, 2.45) is 0 Å². The molecule has 1 atom stereocenters. The van der Waals surface area contributed by atoms with E-state index < -0.39 is 32.5 Å². The fraction of sp³-hybridized carbons (Fsp3) is 0.800. The molecule has 0 aromatic heterocycles. The van der Waals surface area contributed by atoms with Crippen LogP contribution in [0.1, 0.15) is 239 Å². The SMILES string of the molecule is CCCCCC/C=C\C/C=C\CCCCCCCCCC(=O)OCC(COP(=O)(O)O)OC(=O)CCCCCCCCCCCCC/C=C\C/C=C\CCCCCCC.